The summed E-state index contributed by atoms with van der Waals surface area (Å²) in [5.41, 5.74) is 1.24. The lowest BCUT2D eigenvalue weighted by atomic mass is 10.3. The molecule has 1 aromatic carbocycles. The van der Waals surface area contributed by atoms with E-state index in [1.807, 2.05) is 0 Å². The Morgan fingerprint density at radius 2 is 2.23 bits per heavy atom. The van der Waals surface area contributed by atoms with Crippen molar-refractivity contribution in [1.29, 1.82) is 0 Å². The van der Waals surface area contributed by atoms with Crippen molar-refractivity contribution in [3.63, 3.8) is 0 Å². The van der Waals surface area contributed by atoms with E-state index in [1.54, 1.807) is 25.1 Å². The molecule has 116 valence electrons. The van der Waals surface area contributed by atoms with Crippen molar-refractivity contribution < 1.29 is 14.0 Å². The summed E-state index contributed by atoms with van der Waals surface area (Å²) in [7, 11) is 0. The van der Waals surface area contributed by atoms with Crippen LogP contribution in [0.25, 0.3) is 11.1 Å². The van der Waals surface area contributed by atoms with Gasteiger partial charge in [-0.15, -0.1) is 0 Å². The molecule has 3 amide bonds. The van der Waals surface area contributed by atoms with E-state index in [0.717, 1.165) is 24.6 Å². The quantitative estimate of drug-likeness (QED) is 0.837. The molecular weight excluding hydrogens is 326 g/mol. The number of hydrogen-bond donors (Lipinski definition) is 2. The summed E-state index contributed by atoms with van der Waals surface area (Å²) < 4.78 is 5.54. The number of nitrogens with zero attached hydrogens (tertiary/aromatic N) is 1. The maximum Gasteiger partial charge on any atom is 0.321 e. The second-order valence-electron chi connectivity index (χ2n) is 5.09. The van der Waals surface area contributed by atoms with Crippen molar-refractivity contribution in [1.82, 2.24) is 15.6 Å². The van der Waals surface area contributed by atoms with Crippen LogP contribution in [0.5, 0.6) is 0 Å². The molecule has 1 saturated carbocycles. The summed E-state index contributed by atoms with van der Waals surface area (Å²) in [4.78, 5) is 27.7. The second-order valence-corrected chi connectivity index (χ2v) is 6.82. The maximum atomic E-state index is 11.9. The van der Waals surface area contributed by atoms with Crippen LogP contribution in [-0.4, -0.2) is 28.2 Å². The molecule has 1 atom stereocenters. The Morgan fingerprint density at radius 3 is 2.95 bits per heavy atom. The monoisotopic (exact) mass is 339 g/mol. The Bertz CT molecular complexity index is 729. The number of imide groups is 1. The number of hydrogen-bond acceptors (Lipinski definition) is 5. The average Bonchev–Trinajstić information content (AvgIpc) is 3.16. The van der Waals surface area contributed by atoms with Crippen molar-refractivity contribution in [3.8, 4) is 0 Å². The highest BCUT2D eigenvalue weighted by Crippen LogP contribution is 2.28. The molecule has 6 nitrogen and oxygen atoms in total. The number of halogens is 1. The summed E-state index contributed by atoms with van der Waals surface area (Å²) >= 11 is 7.04. The number of oxazole rings is 1. The minimum absolute atomic E-state index is 0.206. The van der Waals surface area contributed by atoms with Gasteiger partial charge in [-0.05, 0) is 38.0 Å². The average molecular weight is 340 g/mol. The zero-order valence-electron chi connectivity index (χ0n) is 11.8. The number of aromatic nitrogens is 1. The summed E-state index contributed by atoms with van der Waals surface area (Å²) in [6, 6.07) is 4.88. The molecule has 3 rings (SSSR count). The lowest BCUT2D eigenvalue weighted by molar-refractivity contribution is -0.119. The molecular formula is C14H14ClN3O3S. The van der Waals surface area contributed by atoms with Gasteiger partial charge >= 0.3 is 6.03 Å². The van der Waals surface area contributed by atoms with Gasteiger partial charge in [0.2, 0.25) is 5.91 Å². The van der Waals surface area contributed by atoms with E-state index in [9.17, 15) is 9.59 Å². The largest absolute Gasteiger partial charge is 0.431 e. The molecule has 0 radical (unpaired) electrons. The molecule has 1 aliphatic rings. The van der Waals surface area contributed by atoms with Gasteiger partial charge in [-0.2, -0.15) is 0 Å². The first-order valence-electron chi connectivity index (χ1n) is 6.85. The number of thioether (sulfide) groups is 1. The topological polar surface area (TPSA) is 84.2 Å². The van der Waals surface area contributed by atoms with Crippen LogP contribution in [-0.2, 0) is 4.79 Å². The van der Waals surface area contributed by atoms with Gasteiger partial charge in [0.1, 0.15) is 5.52 Å². The van der Waals surface area contributed by atoms with Crippen LogP contribution in [0.4, 0.5) is 4.79 Å². The molecule has 0 bridgehead atoms. The highest BCUT2D eigenvalue weighted by molar-refractivity contribution is 8.00. The van der Waals surface area contributed by atoms with Gasteiger partial charge in [0.15, 0.2) is 5.58 Å². The lowest BCUT2D eigenvalue weighted by Gasteiger charge is -2.09. The fourth-order valence-corrected chi connectivity index (χ4v) is 2.72. The van der Waals surface area contributed by atoms with Crippen LogP contribution in [0.1, 0.15) is 19.8 Å². The number of fused-ring (bicyclic) bond motifs is 1. The number of carbonyl (C=O) groups excluding carboxylic acids is 2. The molecule has 1 aromatic heterocycles. The van der Waals surface area contributed by atoms with E-state index in [0.29, 0.717) is 21.3 Å². The maximum absolute atomic E-state index is 11.9. The highest BCUT2D eigenvalue weighted by Gasteiger charge is 2.25. The van der Waals surface area contributed by atoms with Gasteiger partial charge in [-0.25, -0.2) is 9.78 Å². The third-order valence-electron chi connectivity index (χ3n) is 3.13. The van der Waals surface area contributed by atoms with E-state index in [1.165, 1.54) is 0 Å². The van der Waals surface area contributed by atoms with Crippen molar-refractivity contribution in [2.24, 2.45) is 0 Å². The molecule has 0 spiro atoms. The Morgan fingerprint density at radius 1 is 1.45 bits per heavy atom. The van der Waals surface area contributed by atoms with Crippen molar-refractivity contribution in [3.05, 3.63) is 23.2 Å². The Labute approximate surface area is 136 Å². The Hall–Kier alpha value is -1.73. The SMILES string of the molecule is CC(Sc1nc2cc(Cl)ccc2o1)C(=O)NC(=O)NC1CC1. The zero-order valence-corrected chi connectivity index (χ0v) is 13.3. The van der Waals surface area contributed by atoms with Crippen LogP contribution < -0.4 is 10.6 Å². The van der Waals surface area contributed by atoms with Gasteiger partial charge < -0.3 is 9.73 Å². The summed E-state index contributed by atoms with van der Waals surface area (Å²) in [5, 5.41) is 5.44. The van der Waals surface area contributed by atoms with E-state index in [2.05, 4.69) is 15.6 Å². The molecule has 1 aliphatic carbocycles. The van der Waals surface area contributed by atoms with Gasteiger partial charge in [-0.3, -0.25) is 10.1 Å². The van der Waals surface area contributed by atoms with Crippen molar-refractivity contribution in [2.75, 3.05) is 0 Å². The summed E-state index contributed by atoms with van der Waals surface area (Å²) in [6.45, 7) is 1.69. The first-order valence-corrected chi connectivity index (χ1v) is 8.11. The summed E-state index contributed by atoms with van der Waals surface area (Å²) in [6.07, 6.45) is 1.94. The van der Waals surface area contributed by atoms with E-state index in [-0.39, 0.29) is 11.9 Å². The first-order chi connectivity index (χ1) is 10.5. The molecule has 22 heavy (non-hydrogen) atoms. The minimum atomic E-state index is -0.506. The third kappa shape index (κ3) is 3.72. The molecule has 2 aromatic rings. The van der Waals surface area contributed by atoms with E-state index in [4.69, 9.17) is 16.0 Å². The highest BCUT2D eigenvalue weighted by atomic mass is 35.5. The first kappa shape index (κ1) is 15.2. The molecule has 1 fully saturated rings. The zero-order chi connectivity index (χ0) is 15.7. The second kappa shape index (κ2) is 6.18. The van der Waals surface area contributed by atoms with Crippen LogP contribution in [0.3, 0.4) is 0 Å². The number of carbonyl (C=O) groups is 2. The number of urea groups is 1. The molecule has 0 saturated heterocycles. The van der Waals surface area contributed by atoms with Crippen LogP contribution >= 0.6 is 23.4 Å². The lowest BCUT2D eigenvalue weighted by Crippen LogP contribution is -2.43. The van der Waals surface area contributed by atoms with Gasteiger partial charge in [-0.1, -0.05) is 23.4 Å². The molecule has 1 heterocycles. The molecule has 0 aliphatic heterocycles. The number of rotatable bonds is 4. The minimum Gasteiger partial charge on any atom is -0.431 e. The molecule has 8 heteroatoms. The fraction of sp³-hybridized carbons (Fsp3) is 0.357. The standard InChI is InChI=1S/C14H14ClN3O3S/c1-7(12(19)18-13(20)16-9-3-4-9)22-14-17-10-6-8(15)2-5-11(10)21-14/h2,5-7,9H,3-4H2,1H3,(H2,16,18,19,20). The number of amides is 3. The predicted molar refractivity (Wildman–Crippen MR) is 84.0 cm³/mol. The van der Waals surface area contributed by atoms with Crippen LogP contribution in [0, 0.1) is 0 Å². The number of benzene rings is 1. The van der Waals surface area contributed by atoms with Crippen LogP contribution in [0.2, 0.25) is 5.02 Å². The number of nitrogens with one attached hydrogen (secondary N) is 2. The fourth-order valence-electron chi connectivity index (χ4n) is 1.80. The van der Waals surface area contributed by atoms with Gasteiger partial charge in [0.05, 0.1) is 5.25 Å². The van der Waals surface area contributed by atoms with Crippen LogP contribution in [0.15, 0.2) is 27.8 Å². The van der Waals surface area contributed by atoms with Crippen molar-refractivity contribution in [2.45, 2.75) is 36.3 Å². The molecule has 1 unspecified atom stereocenters. The Kier molecular flexibility index (Phi) is 4.26. The third-order valence-corrected chi connectivity index (χ3v) is 4.31. The summed E-state index contributed by atoms with van der Waals surface area (Å²) in [5.74, 6) is -0.386. The predicted octanol–water partition coefficient (Wildman–Crippen LogP) is 2.95. The van der Waals surface area contributed by atoms with Gasteiger partial charge in [0, 0.05) is 11.1 Å². The normalized spacial score (nSPS) is 15.5. The van der Waals surface area contributed by atoms with E-state index >= 15 is 0 Å². The van der Waals surface area contributed by atoms with Crippen molar-refractivity contribution >= 4 is 46.4 Å². The Balaban J connectivity index is 1.60. The molecule has 2 N–H and O–H groups in total. The smallest absolute Gasteiger partial charge is 0.321 e. The van der Waals surface area contributed by atoms with E-state index < -0.39 is 11.3 Å². The van der Waals surface area contributed by atoms with Gasteiger partial charge in [0.25, 0.3) is 5.22 Å².